The molecular weight excluding hydrogens is 354 g/mol. The number of nitrogens with one attached hydrogen (secondary N) is 2. The molecule has 0 bridgehead atoms. The number of rotatable bonds is 7. The smallest absolute Gasteiger partial charge is 0.315 e. The van der Waals surface area contributed by atoms with Gasteiger partial charge in [0.25, 0.3) is 0 Å². The first kappa shape index (κ1) is 21.1. The Kier molecular flexibility index (Phi) is 7.71. The molecule has 0 atom stereocenters. The van der Waals surface area contributed by atoms with Crippen LogP contribution in [-0.2, 0) is 16.0 Å². The van der Waals surface area contributed by atoms with Crippen LogP contribution in [0.5, 0.6) is 0 Å². The summed E-state index contributed by atoms with van der Waals surface area (Å²) in [5.41, 5.74) is 2.15. The van der Waals surface area contributed by atoms with Gasteiger partial charge in [-0.3, -0.25) is 0 Å². The highest BCUT2D eigenvalue weighted by Crippen LogP contribution is 2.29. The van der Waals surface area contributed by atoms with E-state index >= 15 is 0 Å². The Labute approximate surface area is 169 Å². The molecule has 0 aromatic heterocycles. The first-order valence-electron chi connectivity index (χ1n) is 10.5. The Morgan fingerprint density at radius 1 is 1.21 bits per heavy atom. The number of carbonyl (C=O) groups is 1. The molecule has 0 radical (unpaired) electrons. The Morgan fingerprint density at radius 3 is 2.54 bits per heavy atom. The van der Waals surface area contributed by atoms with Gasteiger partial charge in [0.15, 0.2) is 0 Å². The summed E-state index contributed by atoms with van der Waals surface area (Å²) in [7, 11) is 1.72. The summed E-state index contributed by atoms with van der Waals surface area (Å²) in [4.78, 5) is 15.2. The predicted octanol–water partition coefficient (Wildman–Crippen LogP) is 2.84. The van der Waals surface area contributed by atoms with Crippen molar-refractivity contribution in [3.63, 3.8) is 0 Å². The molecule has 1 aromatic carbocycles. The lowest BCUT2D eigenvalue weighted by Gasteiger charge is -2.45. The monoisotopic (exact) mass is 389 g/mol. The van der Waals surface area contributed by atoms with Gasteiger partial charge in [-0.2, -0.15) is 0 Å². The summed E-state index contributed by atoms with van der Waals surface area (Å²) in [5.74, 6) is 0. The minimum Gasteiger partial charge on any atom is -0.385 e. The predicted molar refractivity (Wildman–Crippen MR) is 110 cm³/mol. The second-order valence-corrected chi connectivity index (χ2v) is 8.20. The summed E-state index contributed by atoms with van der Waals surface area (Å²) < 4.78 is 10.8. The number of carbonyl (C=O) groups excluding carboxylic acids is 1. The molecule has 0 unspecified atom stereocenters. The maximum Gasteiger partial charge on any atom is 0.315 e. The van der Waals surface area contributed by atoms with Gasteiger partial charge in [-0.05, 0) is 44.6 Å². The maximum atomic E-state index is 12.6. The van der Waals surface area contributed by atoms with Crippen LogP contribution < -0.4 is 10.6 Å². The molecule has 0 saturated carbocycles. The van der Waals surface area contributed by atoms with Crippen LogP contribution in [0.25, 0.3) is 0 Å². The van der Waals surface area contributed by atoms with Crippen molar-refractivity contribution in [3.8, 4) is 0 Å². The SMILES string of the molecule is COCCC1(NC(=O)NCc2ccc(C)cc2)CCN(C2CCOCC2)CC1. The van der Waals surface area contributed by atoms with E-state index in [4.69, 9.17) is 9.47 Å². The number of aryl methyl sites for hydroxylation is 1. The van der Waals surface area contributed by atoms with E-state index < -0.39 is 0 Å². The zero-order valence-electron chi connectivity index (χ0n) is 17.3. The number of benzene rings is 1. The molecule has 6 heteroatoms. The van der Waals surface area contributed by atoms with E-state index in [2.05, 4.69) is 46.7 Å². The van der Waals surface area contributed by atoms with E-state index in [1.807, 2.05) is 0 Å². The van der Waals surface area contributed by atoms with Crippen molar-refractivity contribution < 1.29 is 14.3 Å². The molecule has 0 spiro atoms. The quantitative estimate of drug-likeness (QED) is 0.753. The average Bonchev–Trinajstić information content (AvgIpc) is 2.73. The molecule has 2 amide bonds. The van der Waals surface area contributed by atoms with Gasteiger partial charge in [0, 0.05) is 58.1 Å². The Hall–Kier alpha value is -1.63. The third kappa shape index (κ3) is 5.93. The Balaban J connectivity index is 1.52. The van der Waals surface area contributed by atoms with Gasteiger partial charge in [-0.1, -0.05) is 29.8 Å². The third-order valence-electron chi connectivity index (χ3n) is 6.20. The summed E-state index contributed by atoms with van der Waals surface area (Å²) in [6.07, 6.45) is 5.02. The topological polar surface area (TPSA) is 62.8 Å². The zero-order valence-corrected chi connectivity index (χ0v) is 17.3. The first-order chi connectivity index (χ1) is 13.6. The van der Waals surface area contributed by atoms with Gasteiger partial charge < -0.3 is 25.0 Å². The Morgan fingerprint density at radius 2 is 1.89 bits per heavy atom. The van der Waals surface area contributed by atoms with Crippen LogP contribution in [0.3, 0.4) is 0 Å². The number of piperidine rings is 1. The summed E-state index contributed by atoms with van der Waals surface area (Å²) in [6.45, 7) is 7.05. The van der Waals surface area contributed by atoms with E-state index in [0.29, 0.717) is 19.2 Å². The van der Waals surface area contributed by atoms with Crippen LogP contribution >= 0.6 is 0 Å². The first-order valence-corrected chi connectivity index (χ1v) is 10.5. The van der Waals surface area contributed by atoms with Gasteiger partial charge in [-0.25, -0.2) is 4.79 Å². The number of nitrogens with zero attached hydrogens (tertiary/aromatic N) is 1. The highest BCUT2D eigenvalue weighted by Gasteiger charge is 2.37. The number of methoxy groups -OCH3 is 1. The fourth-order valence-electron chi connectivity index (χ4n) is 4.28. The molecular formula is C22H35N3O3. The largest absolute Gasteiger partial charge is 0.385 e. The molecule has 28 heavy (non-hydrogen) atoms. The molecule has 1 aromatic rings. The lowest BCUT2D eigenvalue weighted by atomic mass is 9.83. The minimum absolute atomic E-state index is 0.0869. The summed E-state index contributed by atoms with van der Waals surface area (Å²) in [6, 6.07) is 8.80. The van der Waals surface area contributed by atoms with Gasteiger partial charge in [0.2, 0.25) is 0 Å². The van der Waals surface area contributed by atoms with Crippen LogP contribution in [0.4, 0.5) is 4.79 Å². The lowest BCUT2D eigenvalue weighted by molar-refractivity contribution is 0.0111. The molecule has 2 saturated heterocycles. The third-order valence-corrected chi connectivity index (χ3v) is 6.20. The number of hydrogen-bond acceptors (Lipinski definition) is 4. The molecule has 0 aliphatic carbocycles. The fraction of sp³-hybridized carbons (Fsp3) is 0.682. The normalized spacial score (nSPS) is 20.6. The molecule has 2 N–H and O–H groups in total. The zero-order chi connectivity index (χ0) is 19.8. The van der Waals surface area contributed by atoms with Crippen molar-refractivity contribution in [2.75, 3.05) is 40.0 Å². The fourth-order valence-corrected chi connectivity index (χ4v) is 4.28. The van der Waals surface area contributed by atoms with Gasteiger partial charge >= 0.3 is 6.03 Å². The number of hydrogen-bond donors (Lipinski definition) is 2. The van der Waals surface area contributed by atoms with Gasteiger partial charge in [-0.15, -0.1) is 0 Å². The highest BCUT2D eigenvalue weighted by molar-refractivity contribution is 5.74. The molecule has 2 aliphatic heterocycles. The summed E-state index contributed by atoms with van der Waals surface area (Å²) in [5, 5.41) is 6.31. The molecule has 2 aliphatic rings. The second-order valence-electron chi connectivity index (χ2n) is 8.20. The van der Waals surface area contributed by atoms with E-state index in [1.54, 1.807) is 7.11 Å². The average molecular weight is 390 g/mol. The van der Waals surface area contributed by atoms with E-state index in [9.17, 15) is 4.79 Å². The molecule has 2 heterocycles. The van der Waals surface area contributed by atoms with E-state index in [-0.39, 0.29) is 11.6 Å². The lowest BCUT2D eigenvalue weighted by Crippen LogP contribution is -2.59. The minimum atomic E-state index is -0.185. The Bertz CT molecular complexity index is 606. The van der Waals surface area contributed by atoms with Crippen molar-refractivity contribution in [1.29, 1.82) is 0 Å². The number of ether oxygens (including phenoxy) is 2. The van der Waals surface area contributed by atoms with Crippen LogP contribution in [0, 0.1) is 6.92 Å². The van der Waals surface area contributed by atoms with Crippen LogP contribution in [0.2, 0.25) is 0 Å². The van der Waals surface area contributed by atoms with Crippen molar-refractivity contribution in [1.82, 2.24) is 15.5 Å². The number of urea groups is 1. The molecule has 3 rings (SSSR count). The van der Waals surface area contributed by atoms with E-state index in [1.165, 1.54) is 5.56 Å². The molecule has 156 valence electrons. The van der Waals surface area contributed by atoms with Crippen LogP contribution in [0.1, 0.15) is 43.2 Å². The van der Waals surface area contributed by atoms with Crippen LogP contribution in [0.15, 0.2) is 24.3 Å². The van der Waals surface area contributed by atoms with E-state index in [0.717, 1.165) is 64.0 Å². The molecule has 6 nitrogen and oxygen atoms in total. The van der Waals surface area contributed by atoms with Gasteiger partial charge in [0.05, 0.1) is 0 Å². The highest BCUT2D eigenvalue weighted by atomic mass is 16.5. The van der Waals surface area contributed by atoms with Gasteiger partial charge in [0.1, 0.15) is 0 Å². The van der Waals surface area contributed by atoms with Crippen LogP contribution in [-0.4, -0.2) is 62.5 Å². The van der Waals surface area contributed by atoms with Crippen molar-refractivity contribution in [2.45, 2.75) is 57.2 Å². The standard InChI is InChI=1S/C22H35N3O3/c1-18-3-5-19(6-4-18)17-23-21(26)24-22(11-16-27-2)9-12-25(13-10-22)20-7-14-28-15-8-20/h3-6,20H,7-17H2,1-2H3,(H2,23,24,26). The number of amides is 2. The summed E-state index contributed by atoms with van der Waals surface area (Å²) >= 11 is 0. The maximum absolute atomic E-state index is 12.6. The number of likely N-dealkylation sites (tertiary alicyclic amines) is 1. The van der Waals surface area contributed by atoms with Crippen molar-refractivity contribution in [2.24, 2.45) is 0 Å². The molecule has 2 fully saturated rings. The van der Waals surface area contributed by atoms with Crippen molar-refractivity contribution in [3.05, 3.63) is 35.4 Å². The van der Waals surface area contributed by atoms with Crippen molar-refractivity contribution >= 4 is 6.03 Å². The second kappa shape index (κ2) is 10.2.